The lowest BCUT2D eigenvalue weighted by Crippen LogP contribution is -2.47. The minimum Gasteiger partial charge on any atom is -0.478 e. The van der Waals surface area contributed by atoms with Crippen LogP contribution in [0.3, 0.4) is 0 Å². The number of alkyl halides is 3. The second-order valence-electron chi connectivity index (χ2n) is 5.65. The zero-order valence-corrected chi connectivity index (χ0v) is 11.9. The lowest BCUT2D eigenvalue weighted by molar-refractivity contribution is -0.213. The molecule has 0 heterocycles. The number of hydrogen-bond donors (Lipinski definition) is 1. The monoisotopic (exact) mass is 308 g/mol. The molecule has 1 aliphatic rings. The molecule has 0 radical (unpaired) electrons. The van der Waals surface area contributed by atoms with Crippen molar-refractivity contribution in [2.24, 2.45) is 11.8 Å². The van der Waals surface area contributed by atoms with Gasteiger partial charge in [-0.1, -0.05) is 13.8 Å². The number of hydrogen-bond acceptors (Lipinski definition) is 3. The molecular formula is C14H19F3O4. The molecule has 2 atom stereocenters. The van der Waals surface area contributed by atoms with E-state index in [9.17, 15) is 22.8 Å². The van der Waals surface area contributed by atoms with E-state index < -0.39 is 29.6 Å². The molecular weight excluding hydrogens is 289 g/mol. The number of carbonyl (C=O) groups is 2. The topological polar surface area (TPSA) is 63.6 Å². The summed E-state index contributed by atoms with van der Waals surface area (Å²) in [6, 6.07) is 0. The third kappa shape index (κ3) is 4.75. The van der Waals surface area contributed by atoms with Gasteiger partial charge < -0.3 is 9.84 Å². The van der Waals surface area contributed by atoms with Crippen LogP contribution in [0, 0.1) is 11.8 Å². The molecule has 7 heteroatoms. The number of rotatable bonds is 4. The van der Waals surface area contributed by atoms with E-state index in [1.54, 1.807) is 13.8 Å². The molecule has 1 N–H and O–H groups in total. The highest BCUT2D eigenvalue weighted by molar-refractivity contribution is 5.90. The molecule has 1 fully saturated rings. The van der Waals surface area contributed by atoms with Crippen LogP contribution in [0.5, 0.6) is 0 Å². The van der Waals surface area contributed by atoms with Crippen molar-refractivity contribution < 1.29 is 32.6 Å². The van der Waals surface area contributed by atoms with E-state index in [0.717, 1.165) is 6.08 Å². The largest absolute Gasteiger partial charge is 0.478 e. The Bertz CT molecular complexity index is 428. The molecule has 1 aliphatic carbocycles. The van der Waals surface area contributed by atoms with Crippen LogP contribution in [0.25, 0.3) is 0 Å². The molecule has 0 aromatic rings. The SMILES string of the molecule is CC(C)C1(OC(=O)/C=C\C(=O)O)CCCC(C(F)(F)F)C1. The first-order valence-corrected chi connectivity index (χ1v) is 6.77. The van der Waals surface area contributed by atoms with Gasteiger partial charge in [0.15, 0.2) is 0 Å². The Kier molecular flexibility index (Phi) is 5.42. The van der Waals surface area contributed by atoms with Crippen LogP contribution in [-0.4, -0.2) is 28.8 Å². The van der Waals surface area contributed by atoms with E-state index in [1.807, 2.05) is 0 Å². The number of aliphatic carboxylic acids is 1. The fourth-order valence-corrected chi connectivity index (χ4v) is 2.66. The smallest absolute Gasteiger partial charge is 0.391 e. The molecule has 0 spiro atoms. The number of carboxylic acids is 1. The molecule has 1 saturated carbocycles. The highest BCUT2D eigenvalue weighted by Gasteiger charge is 2.50. The summed E-state index contributed by atoms with van der Waals surface area (Å²) in [5.41, 5.74) is -1.20. The quantitative estimate of drug-likeness (QED) is 0.639. The summed E-state index contributed by atoms with van der Waals surface area (Å²) in [5.74, 6) is -4.02. The predicted molar refractivity (Wildman–Crippen MR) is 68.4 cm³/mol. The Morgan fingerprint density at radius 3 is 2.43 bits per heavy atom. The molecule has 0 aliphatic heterocycles. The van der Waals surface area contributed by atoms with Crippen LogP contribution in [0.15, 0.2) is 12.2 Å². The first kappa shape index (κ1) is 17.5. The molecule has 0 saturated heterocycles. The van der Waals surface area contributed by atoms with Gasteiger partial charge in [0.2, 0.25) is 0 Å². The van der Waals surface area contributed by atoms with Gasteiger partial charge in [0.05, 0.1) is 5.92 Å². The third-order valence-corrected chi connectivity index (χ3v) is 3.93. The maximum atomic E-state index is 12.9. The Hall–Kier alpha value is -1.53. The van der Waals surface area contributed by atoms with Crippen molar-refractivity contribution in [2.75, 3.05) is 0 Å². The summed E-state index contributed by atoms with van der Waals surface area (Å²) < 4.78 is 43.9. The van der Waals surface area contributed by atoms with Crippen molar-refractivity contribution in [2.45, 2.75) is 51.3 Å². The normalized spacial score (nSPS) is 27.0. The first-order chi connectivity index (χ1) is 9.57. The van der Waals surface area contributed by atoms with Crippen molar-refractivity contribution in [1.82, 2.24) is 0 Å². The summed E-state index contributed by atoms with van der Waals surface area (Å²) in [7, 11) is 0. The van der Waals surface area contributed by atoms with E-state index in [-0.39, 0.29) is 18.8 Å². The predicted octanol–water partition coefficient (Wildman–Crippen LogP) is 3.32. The molecule has 0 bridgehead atoms. The van der Waals surface area contributed by atoms with Crippen molar-refractivity contribution in [3.63, 3.8) is 0 Å². The van der Waals surface area contributed by atoms with Crippen molar-refractivity contribution >= 4 is 11.9 Å². The minimum absolute atomic E-state index is 0.0283. The molecule has 0 aromatic carbocycles. The second-order valence-corrected chi connectivity index (χ2v) is 5.65. The van der Waals surface area contributed by atoms with Crippen LogP contribution in [-0.2, 0) is 14.3 Å². The number of carbonyl (C=O) groups excluding carboxylic acids is 1. The van der Waals surface area contributed by atoms with Gasteiger partial charge in [-0.2, -0.15) is 13.2 Å². The highest BCUT2D eigenvalue weighted by Crippen LogP contribution is 2.46. The van der Waals surface area contributed by atoms with Crippen LogP contribution < -0.4 is 0 Å². The van der Waals surface area contributed by atoms with Gasteiger partial charge in [0.25, 0.3) is 0 Å². The zero-order chi connectivity index (χ0) is 16.3. The van der Waals surface area contributed by atoms with Gasteiger partial charge >= 0.3 is 18.1 Å². The number of esters is 1. The van der Waals surface area contributed by atoms with E-state index in [0.29, 0.717) is 18.9 Å². The summed E-state index contributed by atoms with van der Waals surface area (Å²) in [5, 5.41) is 8.45. The molecule has 2 unspecified atom stereocenters. The second kappa shape index (κ2) is 6.49. The Morgan fingerprint density at radius 1 is 1.33 bits per heavy atom. The number of halogens is 3. The molecule has 0 aromatic heterocycles. The highest BCUT2D eigenvalue weighted by atomic mass is 19.4. The standard InChI is InChI=1S/C14H19F3O4/c1-9(2)13(21-12(20)6-5-11(18)19)7-3-4-10(8-13)14(15,16)17/h5-6,9-10H,3-4,7-8H2,1-2H3,(H,18,19)/b6-5-. The van der Waals surface area contributed by atoms with Crippen LogP contribution >= 0.6 is 0 Å². The van der Waals surface area contributed by atoms with E-state index in [1.165, 1.54) is 0 Å². The van der Waals surface area contributed by atoms with Crippen LogP contribution in [0.2, 0.25) is 0 Å². The van der Waals surface area contributed by atoms with Gasteiger partial charge in [-0.25, -0.2) is 9.59 Å². The maximum Gasteiger partial charge on any atom is 0.391 e. The first-order valence-electron chi connectivity index (χ1n) is 6.77. The average Bonchev–Trinajstić information content (AvgIpc) is 2.35. The van der Waals surface area contributed by atoms with Crippen molar-refractivity contribution in [3.8, 4) is 0 Å². The molecule has 21 heavy (non-hydrogen) atoms. The van der Waals surface area contributed by atoms with Crippen molar-refractivity contribution in [1.29, 1.82) is 0 Å². The maximum absolute atomic E-state index is 12.9. The fraction of sp³-hybridized carbons (Fsp3) is 0.714. The van der Waals surface area contributed by atoms with Crippen molar-refractivity contribution in [3.05, 3.63) is 12.2 Å². The number of ether oxygens (including phenoxy) is 1. The fourth-order valence-electron chi connectivity index (χ4n) is 2.66. The molecule has 0 amide bonds. The van der Waals surface area contributed by atoms with E-state index in [4.69, 9.17) is 9.84 Å². The summed E-state index contributed by atoms with van der Waals surface area (Å²) >= 11 is 0. The average molecular weight is 308 g/mol. The van der Waals surface area contributed by atoms with Gasteiger partial charge in [0, 0.05) is 12.2 Å². The van der Waals surface area contributed by atoms with E-state index in [2.05, 4.69) is 0 Å². The molecule has 4 nitrogen and oxygen atoms in total. The Balaban J connectivity index is 2.88. The zero-order valence-electron chi connectivity index (χ0n) is 11.9. The van der Waals surface area contributed by atoms with Crippen LogP contribution in [0.1, 0.15) is 39.5 Å². The summed E-state index contributed by atoms with van der Waals surface area (Å²) in [6.45, 7) is 3.40. The lowest BCUT2D eigenvalue weighted by Gasteiger charge is -2.43. The number of carboxylic acid groups (broad SMARTS) is 1. The van der Waals surface area contributed by atoms with Gasteiger partial charge in [-0.15, -0.1) is 0 Å². The van der Waals surface area contributed by atoms with Crippen LogP contribution in [0.4, 0.5) is 13.2 Å². The van der Waals surface area contributed by atoms with Gasteiger partial charge in [-0.3, -0.25) is 0 Å². The van der Waals surface area contributed by atoms with Gasteiger partial charge in [0.1, 0.15) is 5.60 Å². The third-order valence-electron chi connectivity index (χ3n) is 3.93. The van der Waals surface area contributed by atoms with E-state index >= 15 is 0 Å². The summed E-state index contributed by atoms with van der Waals surface area (Å²) in [6.07, 6.45) is -2.56. The minimum atomic E-state index is -4.32. The molecule has 120 valence electrons. The summed E-state index contributed by atoms with van der Waals surface area (Å²) in [4.78, 5) is 22.0. The Morgan fingerprint density at radius 2 is 1.95 bits per heavy atom. The molecule has 1 rings (SSSR count). The van der Waals surface area contributed by atoms with Gasteiger partial charge in [-0.05, 0) is 31.6 Å². The lowest BCUT2D eigenvalue weighted by atomic mass is 9.72. The Labute approximate surface area is 121 Å².